The SMILES string of the molecule is CCCC(=O)O.[Cd]. The van der Waals surface area contributed by atoms with E-state index in [9.17, 15) is 4.79 Å². The van der Waals surface area contributed by atoms with Gasteiger partial charge in [0.25, 0.3) is 0 Å². The van der Waals surface area contributed by atoms with Gasteiger partial charge in [0, 0.05) is 33.7 Å². The van der Waals surface area contributed by atoms with Gasteiger partial charge in [0.2, 0.25) is 0 Å². The monoisotopic (exact) mass is 202 g/mol. The minimum atomic E-state index is -0.711. The van der Waals surface area contributed by atoms with E-state index in [1.54, 1.807) is 0 Å². The van der Waals surface area contributed by atoms with Crippen LogP contribution in [0.1, 0.15) is 19.8 Å². The van der Waals surface area contributed by atoms with Gasteiger partial charge < -0.3 is 5.11 Å². The zero-order valence-corrected chi connectivity index (χ0v) is 8.51. The molecule has 0 spiro atoms. The molecule has 0 saturated carbocycles. The van der Waals surface area contributed by atoms with Crippen molar-refractivity contribution in [2.24, 2.45) is 0 Å². The molecule has 0 amide bonds. The molecule has 0 aromatic heterocycles. The van der Waals surface area contributed by atoms with Crippen molar-refractivity contribution in [2.45, 2.75) is 19.8 Å². The maximum absolute atomic E-state index is 9.60. The Kier molecular flexibility index (Phi) is 9.49. The molecule has 0 atom stereocenters. The normalized spacial score (nSPS) is 7.00. The predicted molar refractivity (Wildman–Crippen MR) is 22.5 cm³/mol. The van der Waals surface area contributed by atoms with Gasteiger partial charge in [-0.05, 0) is 6.42 Å². The summed E-state index contributed by atoms with van der Waals surface area (Å²) in [6.45, 7) is 1.84. The largest absolute Gasteiger partial charge is 0.481 e. The molecule has 1 N–H and O–H groups in total. The van der Waals surface area contributed by atoms with Crippen molar-refractivity contribution in [1.29, 1.82) is 0 Å². The number of carboxylic acid groups (broad SMARTS) is 1. The van der Waals surface area contributed by atoms with Gasteiger partial charge in [-0.15, -0.1) is 0 Å². The van der Waals surface area contributed by atoms with Gasteiger partial charge in [-0.2, -0.15) is 0 Å². The van der Waals surface area contributed by atoms with Crippen molar-refractivity contribution in [2.75, 3.05) is 0 Å². The summed E-state index contributed by atoms with van der Waals surface area (Å²) in [5, 5.41) is 7.91. The van der Waals surface area contributed by atoms with Crippen molar-refractivity contribution < 1.29 is 37.2 Å². The van der Waals surface area contributed by atoms with E-state index in [2.05, 4.69) is 0 Å². The summed E-state index contributed by atoms with van der Waals surface area (Å²) in [4.78, 5) is 9.60. The van der Waals surface area contributed by atoms with Crippen molar-refractivity contribution >= 4 is 5.97 Å². The van der Waals surface area contributed by atoms with Gasteiger partial charge in [-0.3, -0.25) is 4.79 Å². The second-order valence-corrected chi connectivity index (χ2v) is 1.14. The van der Waals surface area contributed by atoms with Crippen LogP contribution in [0.25, 0.3) is 0 Å². The smallest absolute Gasteiger partial charge is 0.303 e. The first-order valence-corrected chi connectivity index (χ1v) is 1.99. The van der Waals surface area contributed by atoms with Crippen LogP contribution in [-0.2, 0) is 32.1 Å². The van der Waals surface area contributed by atoms with Crippen LogP contribution in [0.2, 0.25) is 0 Å². The molecule has 2 nitrogen and oxygen atoms in total. The Labute approximate surface area is 63.1 Å². The van der Waals surface area contributed by atoms with Crippen molar-refractivity contribution in [1.82, 2.24) is 0 Å². The molecule has 7 heavy (non-hydrogen) atoms. The number of hydrogen-bond donors (Lipinski definition) is 1. The summed E-state index contributed by atoms with van der Waals surface area (Å²) in [6, 6.07) is 0. The molecule has 0 aromatic rings. The molecule has 0 heterocycles. The fraction of sp³-hybridized carbons (Fsp3) is 0.750. The summed E-state index contributed by atoms with van der Waals surface area (Å²) < 4.78 is 0. The van der Waals surface area contributed by atoms with E-state index < -0.39 is 5.97 Å². The predicted octanol–water partition coefficient (Wildman–Crippen LogP) is 0.869. The minimum Gasteiger partial charge on any atom is -0.481 e. The number of rotatable bonds is 2. The average Bonchev–Trinajstić information content (AvgIpc) is 1.35. The van der Waals surface area contributed by atoms with Crippen molar-refractivity contribution in [3.05, 3.63) is 0 Å². The Morgan fingerprint density at radius 2 is 2.14 bits per heavy atom. The van der Waals surface area contributed by atoms with Crippen LogP contribution in [0.4, 0.5) is 0 Å². The van der Waals surface area contributed by atoms with E-state index in [0.717, 1.165) is 6.42 Å². The van der Waals surface area contributed by atoms with Gasteiger partial charge in [-0.1, -0.05) is 6.92 Å². The Hall–Kier alpha value is 0.392. The zero-order valence-electron chi connectivity index (χ0n) is 4.48. The molecule has 0 fully saturated rings. The zero-order chi connectivity index (χ0) is 4.99. The van der Waals surface area contributed by atoms with Crippen LogP contribution in [-0.4, -0.2) is 11.1 Å². The molecule has 0 bridgehead atoms. The Balaban J connectivity index is 0. The van der Waals surface area contributed by atoms with E-state index in [1.165, 1.54) is 0 Å². The first kappa shape index (κ1) is 10.4. The van der Waals surface area contributed by atoms with Gasteiger partial charge in [-0.25, -0.2) is 0 Å². The summed E-state index contributed by atoms with van der Waals surface area (Å²) in [5.74, 6) is -0.711. The third-order valence-electron chi connectivity index (χ3n) is 0.464. The average molecular weight is 201 g/mol. The van der Waals surface area contributed by atoms with E-state index in [1.807, 2.05) is 6.92 Å². The third kappa shape index (κ3) is 10.7. The topological polar surface area (TPSA) is 37.3 Å². The number of aliphatic carboxylic acids is 1. The van der Waals surface area contributed by atoms with E-state index in [0.29, 0.717) is 6.42 Å². The van der Waals surface area contributed by atoms with Gasteiger partial charge >= 0.3 is 5.97 Å². The molecule has 0 aliphatic heterocycles. The van der Waals surface area contributed by atoms with Crippen LogP contribution < -0.4 is 0 Å². The van der Waals surface area contributed by atoms with Crippen molar-refractivity contribution in [3.63, 3.8) is 0 Å². The molecular formula is C4H8CdO2. The molecule has 0 aromatic carbocycles. The fourth-order valence-electron chi connectivity index (χ4n) is 0.214. The summed E-state index contributed by atoms with van der Waals surface area (Å²) in [5.41, 5.74) is 0. The van der Waals surface area contributed by atoms with Crippen LogP contribution in [0.15, 0.2) is 0 Å². The molecule has 0 aliphatic rings. The first-order chi connectivity index (χ1) is 2.77. The molecule has 38 valence electrons. The van der Waals surface area contributed by atoms with Crippen LogP contribution in [0.5, 0.6) is 0 Å². The third-order valence-corrected chi connectivity index (χ3v) is 0.464. The van der Waals surface area contributed by atoms with Gasteiger partial charge in [0.05, 0.1) is 0 Å². The van der Waals surface area contributed by atoms with E-state index in [4.69, 9.17) is 5.11 Å². The summed E-state index contributed by atoms with van der Waals surface area (Å²) >= 11 is 0. The minimum absolute atomic E-state index is 0. The number of hydrogen-bond acceptors (Lipinski definition) is 1. The second kappa shape index (κ2) is 6.39. The second-order valence-electron chi connectivity index (χ2n) is 1.14. The molecule has 0 rings (SSSR count). The molecule has 0 radical (unpaired) electrons. The van der Waals surface area contributed by atoms with Crippen LogP contribution in [0, 0.1) is 0 Å². The first-order valence-electron chi connectivity index (χ1n) is 1.99. The quantitative estimate of drug-likeness (QED) is 0.672. The summed E-state index contributed by atoms with van der Waals surface area (Å²) in [7, 11) is 0. The molecule has 0 saturated heterocycles. The molecular weight excluding hydrogens is 192 g/mol. The maximum atomic E-state index is 9.60. The Morgan fingerprint density at radius 1 is 1.71 bits per heavy atom. The Bertz CT molecular complexity index is 53.7. The number of carboxylic acids is 1. The fourth-order valence-corrected chi connectivity index (χ4v) is 0.214. The van der Waals surface area contributed by atoms with Gasteiger partial charge in [0.15, 0.2) is 0 Å². The maximum Gasteiger partial charge on any atom is 0.303 e. The van der Waals surface area contributed by atoms with Crippen LogP contribution in [0.3, 0.4) is 0 Å². The Morgan fingerprint density at radius 3 is 2.14 bits per heavy atom. The standard InChI is InChI=1S/C4H8O2.Cd/c1-2-3-4(5)6;/h2-3H2,1H3,(H,5,6);. The molecule has 0 aliphatic carbocycles. The summed E-state index contributed by atoms with van der Waals surface area (Å²) in [6.07, 6.45) is 1.02. The number of carbonyl (C=O) groups is 1. The van der Waals surface area contributed by atoms with Gasteiger partial charge in [0.1, 0.15) is 0 Å². The van der Waals surface area contributed by atoms with Crippen molar-refractivity contribution in [3.8, 4) is 0 Å². The van der Waals surface area contributed by atoms with E-state index >= 15 is 0 Å². The molecule has 0 unspecified atom stereocenters. The van der Waals surface area contributed by atoms with E-state index in [-0.39, 0.29) is 27.3 Å². The van der Waals surface area contributed by atoms with Crippen LogP contribution >= 0.6 is 0 Å². The molecule has 3 heteroatoms.